The van der Waals surface area contributed by atoms with Crippen molar-refractivity contribution < 1.29 is 23.7 Å². The summed E-state index contributed by atoms with van der Waals surface area (Å²) in [6.07, 6.45) is 1.76. The molecule has 0 saturated heterocycles. The fourth-order valence-electron chi connectivity index (χ4n) is 4.91. The van der Waals surface area contributed by atoms with Gasteiger partial charge in [-0.3, -0.25) is 9.36 Å². The molecule has 5 rings (SSSR count). The second kappa shape index (κ2) is 13.9. The lowest BCUT2D eigenvalue weighted by Gasteiger charge is -2.25. The molecule has 4 aromatic rings. The number of aromatic nitrogens is 1. The first-order chi connectivity index (χ1) is 21.7. The Kier molecular flexibility index (Phi) is 9.92. The minimum Gasteiger partial charge on any atom is -0.496 e. The van der Waals surface area contributed by atoms with Crippen LogP contribution in [0.2, 0.25) is 0 Å². The van der Waals surface area contributed by atoms with Crippen molar-refractivity contribution in [1.29, 1.82) is 5.26 Å². The largest absolute Gasteiger partial charge is 0.496 e. The minimum absolute atomic E-state index is 0.183. The molecule has 0 radical (unpaired) electrons. The summed E-state index contributed by atoms with van der Waals surface area (Å²) in [5.74, 6) is 1.06. The maximum Gasteiger partial charge on any atom is 0.338 e. The minimum atomic E-state index is -0.760. The van der Waals surface area contributed by atoms with Gasteiger partial charge in [0.25, 0.3) is 5.56 Å². The average Bonchev–Trinajstić information content (AvgIpc) is 3.33. The molecule has 12 heteroatoms. The van der Waals surface area contributed by atoms with E-state index < -0.39 is 12.0 Å². The maximum absolute atomic E-state index is 14.0. The van der Waals surface area contributed by atoms with Gasteiger partial charge in [-0.25, -0.2) is 9.79 Å². The van der Waals surface area contributed by atoms with Gasteiger partial charge < -0.3 is 18.9 Å². The van der Waals surface area contributed by atoms with Crippen molar-refractivity contribution in [3.63, 3.8) is 0 Å². The molecule has 0 bridgehead atoms. The maximum atomic E-state index is 14.0. The molecule has 0 aliphatic carbocycles. The molecule has 0 fully saturated rings. The van der Waals surface area contributed by atoms with Gasteiger partial charge in [0.05, 0.1) is 63.2 Å². The summed E-state index contributed by atoms with van der Waals surface area (Å²) in [5, 5.41) is 9.04. The zero-order chi connectivity index (χ0) is 32.2. The Morgan fingerprint density at radius 1 is 1.07 bits per heavy atom. The lowest BCUT2D eigenvalue weighted by molar-refractivity contribution is -0.139. The van der Waals surface area contributed by atoms with E-state index in [1.165, 1.54) is 15.9 Å². The van der Waals surface area contributed by atoms with Crippen LogP contribution in [0.4, 0.5) is 0 Å². The summed E-state index contributed by atoms with van der Waals surface area (Å²) in [5.41, 5.74) is 3.32. The highest BCUT2D eigenvalue weighted by molar-refractivity contribution is 9.11. The number of nitrogens with zero attached hydrogens (tertiary/aromatic N) is 3. The first-order valence-corrected chi connectivity index (χ1v) is 16.1. The SMILES string of the molecule is CCOC(=O)C1=C(C)N=c2s/c(=C/c3cc(Br)c(OCc4ccc(C#N)cc4)c(OC)c3)c(=O)n2[C@H]1c1ccc(OC)c(Br)c1. The van der Waals surface area contributed by atoms with Gasteiger partial charge in [0.2, 0.25) is 0 Å². The van der Waals surface area contributed by atoms with Crippen molar-refractivity contribution in [2.75, 3.05) is 20.8 Å². The van der Waals surface area contributed by atoms with Crippen molar-refractivity contribution in [2.24, 2.45) is 4.99 Å². The van der Waals surface area contributed by atoms with E-state index in [0.29, 0.717) is 63.5 Å². The highest BCUT2D eigenvalue weighted by Crippen LogP contribution is 2.38. The van der Waals surface area contributed by atoms with E-state index >= 15 is 0 Å². The zero-order valence-electron chi connectivity index (χ0n) is 24.7. The number of carbonyl (C=O) groups is 1. The summed E-state index contributed by atoms with van der Waals surface area (Å²) in [6.45, 7) is 3.93. The second-order valence-electron chi connectivity index (χ2n) is 9.83. The van der Waals surface area contributed by atoms with E-state index in [2.05, 4.69) is 42.9 Å². The molecule has 1 aromatic heterocycles. The number of benzene rings is 3. The number of allylic oxidation sites excluding steroid dienone is 1. The summed E-state index contributed by atoms with van der Waals surface area (Å²) < 4.78 is 25.7. The molecule has 0 saturated carbocycles. The third kappa shape index (κ3) is 6.61. The molecule has 0 N–H and O–H groups in total. The van der Waals surface area contributed by atoms with E-state index in [-0.39, 0.29) is 18.8 Å². The molecule has 1 aliphatic rings. The van der Waals surface area contributed by atoms with Crippen molar-refractivity contribution >= 4 is 55.2 Å². The van der Waals surface area contributed by atoms with Crippen LogP contribution in [-0.2, 0) is 16.1 Å². The Hall–Kier alpha value is -4.18. The van der Waals surface area contributed by atoms with E-state index in [0.717, 1.165) is 5.56 Å². The molecule has 2 heterocycles. The number of methoxy groups -OCH3 is 2. The number of nitriles is 1. The van der Waals surface area contributed by atoms with Crippen LogP contribution in [0.3, 0.4) is 0 Å². The number of fused-ring (bicyclic) bond motifs is 1. The van der Waals surface area contributed by atoms with Crippen LogP contribution in [-0.4, -0.2) is 31.4 Å². The zero-order valence-corrected chi connectivity index (χ0v) is 28.7. The highest BCUT2D eigenvalue weighted by Gasteiger charge is 2.33. The molecule has 0 spiro atoms. The van der Waals surface area contributed by atoms with Gasteiger partial charge >= 0.3 is 5.97 Å². The monoisotopic (exact) mass is 751 g/mol. The molecule has 230 valence electrons. The van der Waals surface area contributed by atoms with Crippen molar-refractivity contribution in [1.82, 2.24) is 4.57 Å². The Balaban J connectivity index is 1.57. The molecule has 3 aromatic carbocycles. The number of hydrogen-bond acceptors (Lipinski definition) is 9. The molecule has 45 heavy (non-hydrogen) atoms. The quantitative estimate of drug-likeness (QED) is 0.199. The predicted octanol–water partition coefficient (Wildman–Crippen LogP) is 5.79. The third-order valence-electron chi connectivity index (χ3n) is 7.02. The molecule has 9 nitrogen and oxygen atoms in total. The van der Waals surface area contributed by atoms with E-state index in [4.69, 9.17) is 24.2 Å². The van der Waals surface area contributed by atoms with Gasteiger partial charge in [-0.1, -0.05) is 29.5 Å². The average molecular weight is 753 g/mol. The number of hydrogen-bond donors (Lipinski definition) is 0. The van der Waals surface area contributed by atoms with E-state index in [9.17, 15) is 9.59 Å². The standard InChI is InChI=1S/C33H27Br2N3O6S/c1-5-43-32(40)28-18(2)37-33-38(29(28)22-10-11-25(41-3)23(34)15-22)31(39)27(45-33)14-21-12-24(35)30(26(13-21)42-4)44-17-20-8-6-19(16-36)7-9-20/h6-15,29H,5,17H2,1-4H3/b27-14+/t29-/m0/s1. The molecular weight excluding hydrogens is 726 g/mol. The Morgan fingerprint density at radius 2 is 1.80 bits per heavy atom. The molecule has 1 aliphatic heterocycles. The summed E-state index contributed by atoms with van der Waals surface area (Å²) in [7, 11) is 3.11. The van der Waals surface area contributed by atoms with Gasteiger partial charge in [0.1, 0.15) is 12.4 Å². The van der Waals surface area contributed by atoms with Crippen LogP contribution in [0, 0.1) is 11.3 Å². The van der Waals surface area contributed by atoms with Crippen LogP contribution < -0.4 is 29.1 Å². The number of thiazole rings is 1. The predicted molar refractivity (Wildman–Crippen MR) is 177 cm³/mol. The van der Waals surface area contributed by atoms with E-state index in [1.54, 1.807) is 58.4 Å². The molecule has 1 atom stereocenters. The Morgan fingerprint density at radius 3 is 2.44 bits per heavy atom. The number of ether oxygens (including phenoxy) is 4. The Labute approximate surface area is 279 Å². The molecular formula is C33H27Br2N3O6S. The fraction of sp³-hybridized carbons (Fsp3) is 0.212. The number of halogens is 2. The lowest BCUT2D eigenvalue weighted by Crippen LogP contribution is -2.40. The topological polar surface area (TPSA) is 112 Å². The number of rotatable bonds is 9. The molecule has 0 unspecified atom stereocenters. The highest BCUT2D eigenvalue weighted by atomic mass is 79.9. The smallest absolute Gasteiger partial charge is 0.338 e. The first kappa shape index (κ1) is 32.2. The summed E-state index contributed by atoms with van der Waals surface area (Å²) >= 11 is 8.35. The number of carbonyl (C=O) groups excluding carboxylic acids is 1. The lowest BCUT2D eigenvalue weighted by atomic mass is 9.96. The van der Waals surface area contributed by atoms with Gasteiger partial charge in [-0.2, -0.15) is 5.26 Å². The van der Waals surface area contributed by atoms with Crippen molar-refractivity contribution in [2.45, 2.75) is 26.5 Å². The summed E-state index contributed by atoms with van der Waals surface area (Å²) in [6, 6.07) is 17.5. The summed E-state index contributed by atoms with van der Waals surface area (Å²) in [4.78, 5) is 32.3. The number of esters is 1. The van der Waals surface area contributed by atoms with Crippen molar-refractivity contribution in [3.05, 3.63) is 117 Å². The van der Waals surface area contributed by atoms with Crippen molar-refractivity contribution in [3.8, 4) is 23.3 Å². The van der Waals surface area contributed by atoms with Gasteiger partial charge in [0, 0.05) is 0 Å². The normalized spacial score (nSPS) is 14.3. The van der Waals surface area contributed by atoms with Crippen LogP contribution >= 0.6 is 43.2 Å². The van der Waals surface area contributed by atoms with Crippen LogP contribution in [0.1, 0.15) is 42.1 Å². The van der Waals surface area contributed by atoms with E-state index in [1.807, 2.05) is 30.3 Å². The molecule has 0 amide bonds. The fourth-order valence-corrected chi connectivity index (χ4v) is 7.08. The van der Waals surface area contributed by atoms with Gasteiger partial charge in [-0.05, 0) is 105 Å². The third-order valence-corrected chi connectivity index (χ3v) is 9.22. The van der Waals surface area contributed by atoms with Gasteiger partial charge in [0.15, 0.2) is 16.3 Å². The first-order valence-electron chi connectivity index (χ1n) is 13.7. The van der Waals surface area contributed by atoms with Crippen LogP contribution in [0.25, 0.3) is 6.08 Å². The van der Waals surface area contributed by atoms with Crippen LogP contribution in [0.5, 0.6) is 17.2 Å². The Bertz CT molecular complexity index is 2040. The van der Waals surface area contributed by atoms with Crippen LogP contribution in [0.15, 0.2) is 84.6 Å². The van der Waals surface area contributed by atoms with Gasteiger partial charge in [-0.15, -0.1) is 0 Å². The second-order valence-corrected chi connectivity index (χ2v) is 12.5.